The molecule has 0 unspecified atom stereocenters. The maximum absolute atomic E-state index is 5.99. The highest BCUT2D eigenvalue weighted by molar-refractivity contribution is 5.42. The smallest absolute Gasteiger partial charge is 0.127 e. The monoisotopic (exact) mass is 267 g/mol. The highest BCUT2D eigenvalue weighted by Gasteiger charge is 2.07. The SMILES string of the molecule is C=CCc1cccc(CN)c1OCCc1ccccc1. The van der Waals surface area contributed by atoms with Crippen LogP contribution in [-0.2, 0) is 19.4 Å². The van der Waals surface area contributed by atoms with Gasteiger partial charge >= 0.3 is 0 Å². The van der Waals surface area contributed by atoms with Crippen LogP contribution in [-0.4, -0.2) is 6.61 Å². The molecule has 2 rings (SSSR count). The molecule has 0 aliphatic rings. The second-order valence-corrected chi connectivity index (χ2v) is 4.69. The van der Waals surface area contributed by atoms with Crippen LogP contribution in [0.15, 0.2) is 61.2 Å². The molecule has 2 aromatic rings. The molecule has 2 nitrogen and oxygen atoms in total. The van der Waals surface area contributed by atoms with E-state index in [-0.39, 0.29) is 0 Å². The van der Waals surface area contributed by atoms with E-state index in [2.05, 4.69) is 24.8 Å². The lowest BCUT2D eigenvalue weighted by molar-refractivity contribution is 0.316. The van der Waals surface area contributed by atoms with Crippen LogP contribution < -0.4 is 10.5 Å². The van der Waals surface area contributed by atoms with E-state index in [4.69, 9.17) is 10.5 Å². The number of benzene rings is 2. The van der Waals surface area contributed by atoms with E-state index >= 15 is 0 Å². The molecule has 20 heavy (non-hydrogen) atoms. The Hall–Kier alpha value is -2.06. The van der Waals surface area contributed by atoms with Gasteiger partial charge in [-0.2, -0.15) is 0 Å². The molecular formula is C18H21NO. The van der Waals surface area contributed by atoms with Gasteiger partial charge < -0.3 is 10.5 Å². The second kappa shape index (κ2) is 7.51. The summed E-state index contributed by atoms with van der Waals surface area (Å²) in [5.41, 5.74) is 9.28. The lowest BCUT2D eigenvalue weighted by Gasteiger charge is -2.14. The molecule has 0 amide bonds. The zero-order valence-corrected chi connectivity index (χ0v) is 11.7. The number of rotatable bonds is 7. The van der Waals surface area contributed by atoms with Gasteiger partial charge in [0.1, 0.15) is 5.75 Å². The van der Waals surface area contributed by atoms with Crippen molar-refractivity contribution in [2.24, 2.45) is 5.73 Å². The molecule has 2 N–H and O–H groups in total. The molecule has 0 spiro atoms. The third kappa shape index (κ3) is 3.72. The molecule has 0 atom stereocenters. The minimum absolute atomic E-state index is 0.492. The van der Waals surface area contributed by atoms with E-state index in [1.807, 2.05) is 36.4 Å². The number of ether oxygens (including phenoxy) is 1. The molecule has 2 heteroatoms. The normalized spacial score (nSPS) is 10.2. The summed E-state index contributed by atoms with van der Waals surface area (Å²) in [6, 6.07) is 16.5. The third-order valence-electron chi connectivity index (χ3n) is 3.24. The third-order valence-corrected chi connectivity index (χ3v) is 3.24. The fraction of sp³-hybridized carbons (Fsp3) is 0.222. The molecule has 0 aliphatic carbocycles. The lowest BCUT2D eigenvalue weighted by atomic mass is 10.1. The summed E-state index contributed by atoms with van der Waals surface area (Å²) in [6.45, 7) is 4.94. The van der Waals surface area contributed by atoms with Crippen LogP contribution >= 0.6 is 0 Å². The summed E-state index contributed by atoms with van der Waals surface area (Å²) < 4.78 is 5.99. The summed E-state index contributed by atoms with van der Waals surface area (Å²) >= 11 is 0. The molecule has 0 radical (unpaired) electrons. The molecule has 0 aromatic heterocycles. The number of nitrogens with two attached hydrogens (primary N) is 1. The molecule has 0 saturated carbocycles. The largest absolute Gasteiger partial charge is 0.493 e. The van der Waals surface area contributed by atoms with E-state index in [0.29, 0.717) is 13.2 Å². The molecule has 0 saturated heterocycles. The quantitative estimate of drug-likeness (QED) is 0.779. The van der Waals surface area contributed by atoms with Gasteiger partial charge in [0.2, 0.25) is 0 Å². The molecule has 0 fully saturated rings. The molecule has 104 valence electrons. The maximum atomic E-state index is 5.99. The average molecular weight is 267 g/mol. The summed E-state index contributed by atoms with van der Waals surface area (Å²) in [4.78, 5) is 0. The molecule has 0 heterocycles. The summed E-state index contributed by atoms with van der Waals surface area (Å²) in [5.74, 6) is 0.922. The van der Waals surface area contributed by atoms with Crippen molar-refractivity contribution in [1.29, 1.82) is 0 Å². The Morgan fingerprint density at radius 2 is 1.75 bits per heavy atom. The Kier molecular flexibility index (Phi) is 5.39. The lowest BCUT2D eigenvalue weighted by Crippen LogP contribution is -2.08. The van der Waals surface area contributed by atoms with Gasteiger partial charge in [-0.25, -0.2) is 0 Å². The zero-order chi connectivity index (χ0) is 14.2. The maximum Gasteiger partial charge on any atom is 0.127 e. The van der Waals surface area contributed by atoms with Crippen molar-refractivity contribution in [2.75, 3.05) is 6.61 Å². The average Bonchev–Trinajstić information content (AvgIpc) is 2.50. The van der Waals surface area contributed by atoms with Crippen molar-refractivity contribution in [2.45, 2.75) is 19.4 Å². The highest BCUT2D eigenvalue weighted by Crippen LogP contribution is 2.25. The number of allylic oxidation sites excluding steroid dienone is 1. The van der Waals surface area contributed by atoms with Crippen LogP contribution in [0.1, 0.15) is 16.7 Å². The van der Waals surface area contributed by atoms with Gasteiger partial charge in [-0.05, 0) is 17.5 Å². The Labute approximate surface area is 120 Å². The first-order valence-corrected chi connectivity index (χ1v) is 6.93. The molecule has 2 aromatic carbocycles. The van der Waals surface area contributed by atoms with Gasteiger partial charge in [0.25, 0.3) is 0 Å². The van der Waals surface area contributed by atoms with E-state index in [9.17, 15) is 0 Å². The van der Waals surface area contributed by atoms with Crippen LogP contribution in [0.3, 0.4) is 0 Å². The van der Waals surface area contributed by atoms with Gasteiger partial charge in [0.05, 0.1) is 6.61 Å². The van der Waals surface area contributed by atoms with E-state index in [0.717, 1.165) is 29.7 Å². The Morgan fingerprint density at radius 3 is 2.45 bits per heavy atom. The first-order valence-electron chi connectivity index (χ1n) is 6.93. The van der Waals surface area contributed by atoms with Crippen molar-refractivity contribution in [3.8, 4) is 5.75 Å². The highest BCUT2D eigenvalue weighted by atomic mass is 16.5. The van der Waals surface area contributed by atoms with Crippen LogP contribution in [0.25, 0.3) is 0 Å². The van der Waals surface area contributed by atoms with Crippen molar-refractivity contribution in [3.05, 3.63) is 77.9 Å². The van der Waals surface area contributed by atoms with Crippen molar-refractivity contribution >= 4 is 0 Å². The van der Waals surface area contributed by atoms with Gasteiger partial charge in [-0.1, -0.05) is 54.6 Å². The molecular weight excluding hydrogens is 246 g/mol. The van der Waals surface area contributed by atoms with Gasteiger partial charge in [0.15, 0.2) is 0 Å². The molecule has 0 bridgehead atoms. The minimum atomic E-state index is 0.492. The van der Waals surface area contributed by atoms with Gasteiger partial charge in [0, 0.05) is 18.5 Å². The Morgan fingerprint density at radius 1 is 1.00 bits per heavy atom. The van der Waals surface area contributed by atoms with E-state index in [1.165, 1.54) is 5.56 Å². The Balaban J connectivity index is 2.05. The summed E-state index contributed by atoms with van der Waals surface area (Å²) in [7, 11) is 0. The fourth-order valence-corrected chi connectivity index (χ4v) is 2.22. The summed E-state index contributed by atoms with van der Waals surface area (Å²) in [5, 5.41) is 0. The minimum Gasteiger partial charge on any atom is -0.493 e. The number of hydrogen-bond acceptors (Lipinski definition) is 2. The van der Waals surface area contributed by atoms with Gasteiger partial charge in [-0.3, -0.25) is 0 Å². The van der Waals surface area contributed by atoms with Crippen LogP contribution in [0.2, 0.25) is 0 Å². The van der Waals surface area contributed by atoms with E-state index in [1.54, 1.807) is 0 Å². The van der Waals surface area contributed by atoms with Crippen LogP contribution in [0.5, 0.6) is 5.75 Å². The molecule has 0 aliphatic heterocycles. The first-order chi connectivity index (χ1) is 9.85. The van der Waals surface area contributed by atoms with Crippen molar-refractivity contribution in [3.63, 3.8) is 0 Å². The Bertz CT molecular complexity index is 549. The van der Waals surface area contributed by atoms with Crippen molar-refractivity contribution < 1.29 is 4.74 Å². The zero-order valence-electron chi connectivity index (χ0n) is 11.7. The van der Waals surface area contributed by atoms with Crippen molar-refractivity contribution in [1.82, 2.24) is 0 Å². The standard InChI is InChI=1S/C18H21NO/c1-2-7-16-10-6-11-17(14-19)18(16)20-13-12-15-8-4-3-5-9-15/h2-6,8-11H,1,7,12-14,19H2. The topological polar surface area (TPSA) is 35.2 Å². The predicted molar refractivity (Wildman–Crippen MR) is 83.9 cm³/mol. The van der Waals surface area contributed by atoms with Gasteiger partial charge in [-0.15, -0.1) is 6.58 Å². The first kappa shape index (κ1) is 14.4. The summed E-state index contributed by atoms with van der Waals surface area (Å²) in [6.07, 6.45) is 3.58. The second-order valence-electron chi connectivity index (χ2n) is 4.69. The van der Waals surface area contributed by atoms with Crippen LogP contribution in [0.4, 0.5) is 0 Å². The predicted octanol–water partition coefficient (Wildman–Crippen LogP) is 3.50. The van der Waals surface area contributed by atoms with E-state index < -0.39 is 0 Å². The number of hydrogen-bond donors (Lipinski definition) is 1. The number of para-hydroxylation sites is 1. The van der Waals surface area contributed by atoms with Crippen LogP contribution in [0, 0.1) is 0 Å². The fourth-order valence-electron chi connectivity index (χ4n) is 2.22.